The molecule has 13 heteroatoms. The average Bonchev–Trinajstić information content (AvgIpc) is 3.01. The molecule has 0 radical (unpaired) electrons. The standard InChI is InChI=1S/C13H11F6N3O3S/c14-12(15,16)5-6-26(23,24)20-7-8-1-3-9(4-2-8)10-21-11(25-22-10)13(17,18)19/h1-4,20H,5-7H2. The number of nitrogens with one attached hydrogen (secondary N) is 1. The van der Waals surface area contributed by atoms with Gasteiger partial charge in [-0.15, -0.1) is 0 Å². The Kier molecular flexibility index (Phi) is 5.61. The van der Waals surface area contributed by atoms with Gasteiger partial charge in [-0.2, -0.15) is 31.3 Å². The number of alkyl halides is 6. The van der Waals surface area contributed by atoms with Crippen LogP contribution in [0.5, 0.6) is 0 Å². The maximum absolute atomic E-state index is 12.4. The molecule has 0 aliphatic carbocycles. The van der Waals surface area contributed by atoms with E-state index in [0.29, 0.717) is 5.56 Å². The largest absolute Gasteiger partial charge is 0.471 e. The van der Waals surface area contributed by atoms with Crippen LogP contribution in [0, 0.1) is 0 Å². The van der Waals surface area contributed by atoms with Crippen LogP contribution in [0.15, 0.2) is 28.8 Å². The normalized spacial score (nSPS) is 13.2. The Hall–Kier alpha value is -2.15. The first-order valence-electron chi connectivity index (χ1n) is 6.90. The van der Waals surface area contributed by atoms with Crippen LogP contribution in [0.3, 0.4) is 0 Å². The van der Waals surface area contributed by atoms with Gasteiger partial charge in [0.2, 0.25) is 15.8 Å². The van der Waals surface area contributed by atoms with Gasteiger partial charge in [0.15, 0.2) is 0 Å². The molecule has 1 N–H and O–H groups in total. The van der Waals surface area contributed by atoms with Crippen molar-refractivity contribution < 1.29 is 39.3 Å². The summed E-state index contributed by atoms with van der Waals surface area (Å²) in [6.07, 6.45) is -10.8. The number of aromatic nitrogens is 2. The fraction of sp³-hybridized carbons (Fsp3) is 0.385. The van der Waals surface area contributed by atoms with E-state index in [1.807, 2.05) is 4.72 Å². The Morgan fingerprint density at radius 2 is 1.65 bits per heavy atom. The number of hydrogen-bond acceptors (Lipinski definition) is 5. The van der Waals surface area contributed by atoms with Crippen molar-refractivity contribution in [2.45, 2.75) is 25.3 Å². The van der Waals surface area contributed by atoms with Gasteiger partial charge < -0.3 is 4.52 Å². The van der Waals surface area contributed by atoms with Crippen molar-refractivity contribution in [3.63, 3.8) is 0 Å². The number of benzene rings is 1. The highest BCUT2D eigenvalue weighted by Gasteiger charge is 2.38. The molecule has 1 aromatic heterocycles. The highest BCUT2D eigenvalue weighted by Crippen LogP contribution is 2.29. The predicted molar refractivity (Wildman–Crippen MR) is 76.0 cm³/mol. The van der Waals surface area contributed by atoms with E-state index in [1.165, 1.54) is 24.3 Å². The number of hydrogen-bond donors (Lipinski definition) is 1. The quantitative estimate of drug-likeness (QED) is 0.750. The van der Waals surface area contributed by atoms with Gasteiger partial charge in [0.05, 0.1) is 12.2 Å². The Labute approximate surface area is 143 Å². The van der Waals surface area contributed by atoms with Crippen molar-refractivity contribution in [2.24, 2.45) is 0 Å². The van der Waals surface area contributed by atoms with Crippen molar-refractivity contribution in [1.82, 2.24) is 14.9 Å². The summed E-state index contributed by atoms with van der Waals surface area (Å²) in [7, 11) is -4.12. The van der Waals surface area contributed by atoms with Gasteiger partial charge in [-0.3, -0.25) is 0 Å². The van der Waals surface area contributed by atoms with Crippen LogP contribution in [-0.4, -0.2) is 30.5 Å². The molecule has 1 heterocycles. The molecule has 0 spiro atoms. The molecule has 0 aliphatic rings. The molecule has 1 aromatic carbocycles. The van der Waals surface area contributed by atoms with Crippen molar-refractivity contribution in [2.75, 3.05) is 5.75 Å². The van der Waals surface area contributed by atoms with E-state index >= 15 is 0 Å². The molecule has 0 bridgehead atoms. The minimum Gasteiger partial charge on any atom is -0.329 e. The fourth-order valence-corrected chi connectivity index (χ4v) is 2.77. The first-order chi connectivity index (χ1) is 11.9. The second kappa shape index (κ2) is 7.23. The minimum atomic E-state index is -4.78. The second-order valence-electron chi connectivity index (χ2n) is 5.12. The van der Waals surface area contributed by atoms with E-state index in [1.54, 1.807) is 0 Å². The topological polar surface area (TPSA) is 85.1 Å². The van der Waals surface area contributed by atoms with E-state index in [-0.39, 0.29) is 17.9 Å². The van der Waals surface area contributed by atoms with Crippen molar-refractivity contribution in [3.05, 3.63) is 35.7 Å². The third-order valence-corrected chi connectivity index (χ3v) is 4.36. The molecule has 2 rings (SSSR count). The van der Waals surface area contributed by atoms with Gasteiger partial charge in [-0.1, -0.05) is 29.4 Å². The van der Waals surface area contributed by atoms with Gasteiger partial charge in [-0.25, -0.2) is 13.1 Å². The summed E-state index contributed by atoms with van der Waals surface area (Å²) in [5.41, 5.74) is 0.566. The van der Waals surface area contributed by atoms with E-state index in [4.69, 9.17) is 0 Å². The summed E-state index contributed by atoms with van der Waals surface area (Å²) in [6.45, 7) is -0.277. The lowest BCUT2D eigenvalue weighted by Crippen LogP contribution is -2.28. The van der Waals surface area contributed by atoms with Gasteiger partial charge in [-0.05, 0) is 5.56 Å². The van der Waals surface area contributed by atoms with Crippen LogP contribution in [0.1, 0.15) is 17.9 Å². The molecule has 0 atom stereocenters. The molecule has 0 fully saturated rings. The number of rotatable bonds is 6. The van der Waals surface area contributed by atoms with Crippen molar-refractivity contribution >= 4 is 10.0 Å². The summed E-state index contributed by atoms with van der Waals surface area (Å²) >= 11 is 0. The molecule has 0 saturated carbocycles. The molecule has 6 nitrogen and oxygen atoms in total. The lowest BCUT2D eigenvalue weighted by Gasteiger charge is -2.09. The molecule has 26 heavy (non-hydrogen) atoms. The van der Waals surface area contributed by atoms with Gasteiger partial charge in [0.25, 0.3) is 0 Å². The van der Waals surface area contributed by atoms with Crippen molar-refractivity contribution in [1.29, 1.82) is 0 Å². The smallest absolute Gasteiger partial charge is 0.329 e. The molecule has 0 aliphatic heterocycles. The number of halogens is 6. The van der Waals surface area contributed by atoms with Gasteiger partial charge in [0, 0.05) is 12.1 Å². The third kappa shape index (κ3) is 5.98. The van der Waals surface area contributed by atoms with Crippen LogP contribution >= 0.6 is 0 Å². The average molecular weight is 403 g/mol. The lowest BCUT2D eigenvalue weighted by molar-refractivity contribution is -0.159. The van der Waals surface area contributed by atoms with Gasteiger partial charge in [0.1, 0.15) is 0 Å². The Morgan fingerprint density at radius 3 is 2.15 bits per heavy atom. The third-order valence-electron chi connectivity index (χ3n) is 3.03. The van der Waals surface area contributed by atoms with E-state index in [0.717, 1.165) is 0 Å². The fourth-order valence-electron chi connectivity index (χ4n) is 1.74. The predicted octanol–water partition coefficient (Wildman–Crippen LogP) is 3.13. The monoisotopic (exact) mass is 403 g/mol. The lowest BCUT2D eigenvalue weighted by atomic mass is 10.1. The SMILES string of the molecule is O=S(=O)(CCC(F)(F)F)NCc1ccc(-c2noc(C(F)(F)F)n2)cc1. The van der Waals surface area contributed by atoms with Crippen LogP contribution in [0.4, 0.5) is 26.3 Å². The maximum atomic E-state index is 12.4. The first-order valence-corrected chi connectivity index (χ1v) is 8.55. The van der Waals surface area contributed by atoms with E-state index < -0.39 is 40.4 Å². The number of sulfonamides is 1. The van der Waals surface area contributed by atoms with Crippen LogP contribution < -0.4 is 4.72 Å². The Morgan fingerprint density at radius 1 is 1.04 bits per heavy atom. The summed E-state index contributed by atoms with van der Waals surface area (Å²) < 4.78 is 102. The van der Waals surface area contributed by atoms with Crippen molar-refractivity contribution in [3.8, 4) is 11.4 Å². The summed E-state index contributed by atoms with van der Waals surface area (Å²) in [5.74, 6) is -2.92. The zero-order valence-corrected chi connectivity index (χ0v) is 13.5. The molecule has 0 saturated heterocycles. The Balaban J connectivity index is 1.98. The number of nitrogens with zero attached hydrogens (tertiary/aromatic N) is 2. The molecular formula is C13H11F6N3O3S. The molecule has 2 aromatic rings. The molecular weight excluding hydrogens is 392 g/mol. The molecule has 0 amide bonds. The highest BCUT2D eigenvalue weighted by atomic mass is 32.2. The highest BCUT2D eigenvalue weighted by molar-refractivity contribution is 7.89. The minimum absolute atomic E-state index is 0.188. The Bertz CT molecular complexity index is 843. The molecule has 144 valence electrons. The van der Waals surface area contributed by atoms with Crippen LogP contribution in [-0.2, 0) is 22.7 Å². The van der Waals surface area contributed by atoms with E-state index in [9.17, 15) is 34.8 Å². The second-order valence-corrected chi connectivity index (χ2v) is 7.05. The van der Waals surface area contributed by atoms with Crippen LogP contribution in [0.25, 0.3) is 11.4 Å². The summed E-state index contributed by atoms with van der Waals surface area (Å²) in [5, 5.41) is 3.19. The zero-order chi connectivity index (χ0) is 19.6. The first kappa shape index (κ1) is 20.2. The summed E-state index contributed by atoms with van der Waals surface area (Å²) in [6, 6.07) is 5.38. The zero-order valence-electron chi connectivity index (χ0n) is 12.7. The van der Waals surface area contributed by atoms with E-state index in [2.05, 4.69) is 14.7 Å². The molecule has 0 unspecified atom stereocenters. The maximum Gasteiger partial charge on any atom is 0.471 e. The van der Waals surface area contributed by atoms with Crippen LogP contribution in [0.2, 0.25) is 0 Å². The summed E-state index contributed by atoms with van der Waals surface area (Å²) in [4.78, 5) is 3.19. The van der Waals surface area contributed by atoms with Gasteiger partial charge >= 0.3 is 18.2 Å².